The number of hydrogen-bond acceptors (Lipinski definition) is 9. The predicted octanol–water partition coefficient (Wildman–Crippen LogP) is 4.14. The molecule has 0 amide bonds. The Hall–Kier alpha value is -3.92. The van der Waals surface area contributed by atoms with Crippen LogP contribution in [0.3, 0.4) is 0 Å². The minimum atomic E-state index is -1.07. The Morgan fingerprint density at radius 1 is 0.941 bits per heavy atom. The minimum Gasteiger partial charge on any atom is -0.493 e. The van der Waals surface area contributed by atoms with Crippen LogP contribution in [0.4, 0.5) is 17.6 Å². The maximum Gasteiger partial charge on any atom is 0.339 e. The van der Waals surface area contributed by atoms with Crippen LogP contribution in [0.2, 0.25) is 0 Å². The minimum absolute atomic E-state index is 0.0694. The van der Waals surface area contributed by atoms with Crippen molar-refractivity contribution in [3.8, 4) is 11.8 Å². The Balaban J connectivity index is 1.64. The molecular formula is C24H27N5O5. The first kappa shape index (κ1) is 23.2. The standard InChI is InChI=1S/C24H27N5O5/c30-21(31)18-11-10-17-14-20(18)34-13-7-2-1-6-12-33-15-19(16-8-4-3-5-9-16)26-23-27-22(25-17)28-24(32)29-23/h3-5,8-11,14,19H,1-2,6-7,12-13,15H2,(H,30,31)(H3,25,26,27,28,29,32). The number of carboxylic acid groups (broad SMARTS) is 1. The van der Waals surface area contributed by atoms with E-state index in [9.17, 15) is 15.0 Å². The van der Waals surface area contributed by atoms with Gasteiger partial charge in [0.05, 0.1) is 19.3 Å². The average molecular weight is 466 g/mol. The molecule has 0 radical (unpaired) electrons. The molecule has 0 fully saturated rings. The zero-order valence-electron chi connectivity index (χ0n) is 18.6. The van der Waals surface area contributed by atoms with Crippen LogP contribution in [0, 0.1) is 0 Å². The molecule has 4 rings (SSSR count). The first-order valence-corrected chi connectivity index (χ1v) is 11.2. The smallest absolute Gasteiger partial charge is 0.339 e. The molecule has 1 unspecified atom stereocenters. The number of anilines is 3. The second kappa shape index (κ2) is 11.3. The Morgan fingerprint density at radius 3 is 2.50 bits per heavy atom. The fourth-order valence-corrected chi connectivity index (χ4v) is 3.62. The van der Waals surface area contributed by atoms with Gasteiger partial charge in [-0.25, -0.2) is 4.79 Å². The van der Waals surface area contributed by atoms with E-state index in [-0.39, 0.29) is 29.3 Å². The van der Waals surface area contributed by atoms with Crippen molar-refractivity contribution in [2.24, 2.45) is 0 Å². The van der Waals surface area contributed by atoms with Crippen molar-refractivity contribution in [2.45, 2.75) is 31.7 Å². The van der Waals surface area contributed by atoms with E-state index in [2.05, 4.69) is 25.6 Å². The largest absolute Gasteiger partial charge is 0.493 e. The lowest BCUT2D eigenvalue weighted by atomic mass is 10.1. The highest BCUT2D eigenvalue weighted by atomic mass is 16.5. The Bertz CT molecular complexity index is 1110. The van der Waals surface area contributed by atoms with Crippen LogP contribution >= 0.6 is 0 Å². The molecule has 10 heteroatoms. The van der Waals surface area contributed by atoms with Gasteiger partial charge in [0.1, 0.15) is 11.3 Å². The van der Waals surface area contributed by atoms with Crippen molar-refractivity contribution in [2.75, 3.05) is 30.5 Å². The lowest BCUT2D eigenvalue weighted by Crippen LogP contribution is -2.19. The number of nitrogens with zero attached hydrogens (tertiary/aromatic N) is 3. The van der Waals surface area contributed by atoms with Gasteiger partial charge in [-0.1, -0.05) is 36.8 Å². The fraction of sp³-hybridized carbons (Fsp3) is 0.333. The van der Waals surface area contributed by atoms with Crippen LogP contribution < -0.4 is 15.4 Å². The molecule has 1 atom stereocenters. The number of rotatable bonds is 2. The van der Waals surface area contributed by atoms with Crippen LogP contribution in [0.1, 0.15) is 47.6 Å². The molecule has 2 heterocycles. The highest BCUT2D eigenvalue weighted by molar-refractivity contribution is 5.91. The highest BCUT2D eigenvalue weighted by Crippen LogP contribution is 2.27. The monoisotopic (exact) mass is 465 g/mol. The molecule has 0 saturated heterocycles. The number of nitrogens with one attached hydrogen (secondary N) is 2. The third-order valence-electron chi connectivity index (χ3n) is 5.32. The molecule has 4 N–H and O–H groups in total. The van der Waals surface area contributed by atoms with Crippen molar-refractivity contribution < 1.29 is 24.5 Å². The van der Waals surface area contributed by atoms with Crippen molar-refractivity contribution in [3.05, 3.63) is 59.7 Å². The van der Waals surface area contributed by atoms with E-state index < -0.39 is 12.0 Å². The van der Waals surface area contributed by atoms with Gasteiger partial charge in [0.15, 0.2) is 0 Å². The summed E-state index contributed by atoms with van der Waals surface area (Å²) in [5.74, 6) is -0.551. The third-order valence-corrected chi connectivity index (χ3v) is 5.32. The summed E-state index contributed by atoms with van der Waals surface area (Å²) in [7, 11) is 0. The van der Waals surface area contributed by atoms with E-state index in [4.69, 9.17) is 9.47 Å². The maximum absolute atomic E-state index is 11.6. The second-order valence-corrected chi connectivity index (χ2v) is 7.87. The summed E-state index contributed by atoms with van der Waals surface area (Å²) < 4.78 is 11.7. The predicted molar refractivity (Wildman–Crippen MR) is 126 cm³/mol. The van der Waals surface area contributed by atoms with Gasteiger partial charge >= 0.3 is 12.0 Å². The van der Waals surface area contributed by atoms with Gasteiger partial charge in [-0.15, -0.1) is 0 Å². The lowest BCUT2D eigenvalue weighted by molar-refractivity contribution is 0.0692. The fourth-order valence-electron chi connectivity index (χ4n) is 3.62. The van der Waals surface area contributed by atoms with E-state index in [0.29, 0.717) is 25.5 Å². The number of aromatic hydroxyl groups is 1. The first-order chi connectivity index (χ1) is 16.6. The van der Waals surface area contributed by atoms with Gasteiger partial charge in [0.2, 0.25) is 11.9 Å². The molecule has 10 nitrogen and oxygen atoms in total. The van der Waals surface area contributed by atoms with Gasteiger partial charge in [0, 0.05) is 18.4 Å². The van der Waals surface area contributed by atoms with Gasteiger partial charge in [-0.2, -0.15) is 15.0 Å². The number of fused-ring (bicyclic) bond motifs is 4. The summed E-state index contributed by atoms with van der Waals surface area (Å²) >= 11 is 0. The molecule has 2 aromatic carbocycles. The van der Waals surface area contributed by atoms with Crippen LogP contribution in [0.5, 0.6) is 11.8 Å². The first-order valence-electron chi connectivity index (χ1n) is 11.2. The van der Waals surface area contributed by atoms with E-state index in [1.807, 2.05) is 30.3 Å². The Morgan fingerprint density at radius 2 is 1.71 bits per heavy atom. The summed E-state index contributed by atoms with van der Waals surface area (Å²) in [6, 6.07) is 13.7. The highest BCUT2D eigenvalue weighted by Gasteiger charge is 2.17. The number of benzene rings is 2. The van der Waals surface area contributed by atoms with Crippen LogP contribution in [0.25, 0.3) is 0 Å². The normalized spacial score (nSPS) is 17.2. The molecule has 0 saturated carbocycles. The van der Waals surface area contributed by atoms with E-state index >= 15 is 0 Å². The van der Waals surface area contributed by atoms with Crippen LogP contribution in [0.15, 0.2) is 48.5 Å². The van der Waals surface area contributed by atoms with Crippen LogP contribution in [-0.4, -0.2) is 51.0 Å². The van der Waals surface area contributed by atoms with E-state index in [1.54, 1.807) is 12.1 Å². The number of carboxylic acids is 1. The molecule has 178 valence electrons. The molecule has 0 aliphatic carbocycles. The number of carbonyl (C=O) groups is 1. The molecular weight excluding hydrogens is 438 g/mol. The quantitative estimate of drug-likeness (QED) is 0.437. The van der Waals surface area contributed by atoms with Gasteiger partial charge in [0.25, 0.3) is 0 Å². The summed E-state index contributed by atoms with van der Waals surface area (Å²) in [6.07, 6.45) is 3.63. The second-order valence-electron chi connectivity index (χ2n) is 7.87. The SMILES string of the molecule is O=C(O)c1ccc2cc1OCCCCCCOCC(c1ccccc1)Nc1nc(O)nc(n1)N2. The number of aromatic carboxylic acids is 1. The summed E-state index contributed by atoms with van der Waals surface area (Å²) in [6.45, 7) is 1.41. The Labute approximate surface area is 197 Å². The van der Waals surface area contributed by atoms with Crippen molar-refractivity contribution >= 4 is 23.6 Å². The number of hydrogen-bond donors (Lipinski definition) is 4. The lowest BCUT2D eigenvalue weighted by Gasteiger charge is -2.20. The molecule has 1 aromatic heterocycles. The average Bonchev–Trinajstić information content (AvgIpc) is 2.82. The van der Waals surface area contributed by atoms with Crippen molar-refractivity contribution in [1.82, 2.24) is 15.0 Å². The molecule has 4 bridgehead atoms. The maximum atomic E-state index is 11.6. The zero-order valence-corrected chi connectivity index (χ0v) is 18.6. The van der Waals surface area contributed by atoms with Gasteiger partial charge < -0.3 is 30.3 Å². The Kier molecular flexibility index (Phi) is 7.71. The van der Waals surface area contributed by atoms with Crippen LogP contribution in [-0.2, 0) is 4.74 Å². The number of ether oxygens (including phenoxy) is 2. The van der Waals surface area contributed by atoms with Gasteiger partial charge in [-0.3, -0.25) is 0 Å². The molecule has 3 aromatic rings. The topological polar surface area (TPSA) is 139 Å². The summed E-state index contributed by atoms with van der Waals surface area (Å²) in [4.78, 5) is 23.9. The molecule has 34 heavy (non-hydrogen) atoms. The molecule has 1 aliphatic heterocycles. The summed E-state index contributed by atoms with van der Waals surface area (Å²) in [5, 5.41) is 25.8. The van der Waals surface area contributed by atoms with Crippen molar-refractivity contribution in [1.29, 1.82) is 0 Å². The van der Waals surface area contributed by atoms with Crippen molar-refractivity contribution in [3.63, 3.8) is 0 Å². The van der Waals surface area contributed by atoms with E-state index in [1.165, 1.54) is 6.07 Å². The zero-order chi connectivity index (χ0) is 23.8. The third kappa shape index (κ3) is 6.32. The van der Waals surface area contributed by atoms with Gasteiger partial charge in [-0.05, 0) is 37.0 Å². The molecule has 0 spiro atoms. The number of aromatic nitrogens is 3. The summed E-state index contributed by atoms with van der Waals surface area (Å²) in [5.41, 5.74) is 1.58. The van der Waals surface area contributed by atoms with E-state index in [0.717, 1.165) is 31.2 Å². The molecule has 1 aliphatic rings.